The number of nitrogens with one attached hydrogen (secondary N) is 2. The summed E-state index contributed by atoms with van der Waals surface area (Å²) >= 11 is 0. The van der Waals surface area contributed by atoms with Gasteiger partial charge in [-0.3, -0.25) is 19.7 Å². The molecule has 1 aromatic carbocycles. The minimum Gasteiger partial charge on any atom is -0.349 e. The molecule has 0 saturated heterocycles. The molecule has 6 rings (SSSR count). The molecule has 0 radical (unpaired) electrons. The predicted molar refractivity (Wildman–Crippen MR) is 115 cm³/mol. The van der Waals surface area contributed by atoms with Crippen LogP contribution in [-0.2, 0) is 0 Å². The fraction of sp³-hybridized carbons (Fsp3) is 0.640. The van der Waals surface area contributed by atoms with E-state index in [-0.39, 0.29) is 17.5 Å². The van der Waals surface area contributed by atoms with Crippen LogP contribution in [0.2, 0.25) is 0 Å². The van der Waals surface area contributed by atoms with Gasteiger partial charge < -0.3 is 11.1 Å². The molecule has 1 heterocycles. The van der Waals surface area contributed by atoms with Gasteiger partial charge in [-0.25, -0.2) is 0 Å². The van der Waals surface area contributed by atoms with Crippen molar-refractivity contribution < 1.29 is 14.4 Å². The third kappa shape index (κ3) is 2.57. The van der Waals surface area contributed by atoms with Gasteiger partial charge in [0.1, 0.15) is 0 Å². The first-order valence-corrected chi connectivity index (χ1v) is 11.8. The van der Waals surface area contributed by atoms with E-state index in [1.165, 1.54) is 38.2 Å². The van der Waals surface area contributed by atoms with Crippen molar-refractivity contribution in [1.29, 1.82) is 0 Å². The van der Waals surface area contributed by atoms with E-state index in [1.807, 2.05) is 0 Å². The number of imide groups is 1. The van der Waals surface area contributed by atoms with Crippen molar-refractivity contribution in [2.24, 2.45) is 40.2 Å². The lowest BCUT2D eigenvalue weighted by atomic mass is 9.60. The molecule has 6 heteroatoms. The Labute approximate surface area is 182 Å². The van der Waals surface area contributed by atoms with Crippen molar-refractivity contribution in [2.45, 2.75) is 64.5 Å². The Morgan fingerprint density at radius 2 is 1.65 bits per heavy atom. The van der Waals surface area contributed by atoms with Gasteiger partial charge in [-0.2, -0.15) is 0 Å². The summed E-state index contributed by atoms with van der Waals surface area (Å²) < 4.78 is 0. The minimum absolute atomic E-state index is 0.157. The summed E-state index contributed by atoms with van der Waals surface area (Å²) in [6, 6.07) is 5.29. The molecular formula is C25H31N3O3. The predicted octanol–water partition coefficient (Wildman–Crippen LogP) is 2.87. The molecule has 6 atom stereocenters. The van der Waals surface area contributed by atoms with Gasteiger partial charge in [0.05, 0.1) is 11.1 Å². The molecule has 4 fully saturated rings. The fourth-order valence-electron chi connectivity index (χ4n) is 8.06. The summed E-state index contributed by atoms with van der Waals surface area (Å²) in [6.07, 6.45) is 7.25. The molecule has 6 nitrogen and oxygen atoms in total. The van der Waals surface area contributed by atoms with E-state index in [4.69, 9.17) is 5.73 Å². The molecule has 4 saturated carbocycles. The molecular weight excluding hydrogens is 390 g/mol. The fourth-order valence-corrected chi connectivity index (χ4v) is 8.06. The molecule has 164 valence electrons. The Balaban J connectivity index is 1.09. The third-order valence-electron chi connectivity index (χ3n) is 9.59. The molecule has 0 aromatic heterocycles. The van der Waals surface area contributed by atoms with Gasteiger partial charge in [-0.15, -0.1) is 0 Å². The van der Waals surface area contributed by atoms with Crippen LogP contribution in [-0.4, -0.2) is 29.8 Å². The lowest BCUT2D eigenvalue weighted by Gasteiger charge is -2.46. The number of rotatable bonds is 2. The highest BCUT2D eigenvalue weighted by molar-refractivity contribution is 6.22. The Kier molecular flexibility index (Phi) is 3.88. The molecule has 6 unspecified atom stereocenters. The van der Waals surface area contributed by atoms with Crippen LogP contribution in [0.25, 0.3) is 0 Å². The van der Waals surface area contributed by atoms with Crippen LogP contribution in [0.3, 0.4) is 0 Å². The van der Waals surface area contributed by atoms with Crippen LogP contribution in [0.4, 0.5) is 0 Å². The summed E-state index contributed by atoms with van der Waals surface area (Å²) in [4.78, 5) is 36.5. The number of carbonyl (C=O) groups is 3. The molecule has 3 amide bonds. The summed E-state index contributed by atoms with van der Waals surface area (Å²) in [6.45, 7) is 4.59. The van der Waals surface area contributed by atoms with Gasteiger partial charge in [0, 0.05) is 17.6 Å². The maximum absolute atomic E-state index is 12.9. The number of nitrogens with two attached hydrogens (primary N) is 1. The second kappa shape index (κ2) is 6.18. The van der Waals surface area contributed by atoms with E-state index in [0.717, 1.165) is 18.3 Å². The molecule has 4 aliphatic carbocycles. The van der Waals surface area contributed by atoms with E-state index in [0.29, 0.717) is 39.8 Å². The first-order valence-electron chi connectivity index (χ1n) is 11.8. The Morgan fingerprint density at radius 1 is 1.00 bits per heavy atom. The normalized spacial score (nSPS) is 44.6. The van der Waals surface area contributed by atoms with Crippen molar-refractivity contribution in [2.75, 3.05) is 0 Å². The first kappa shape index (κ1) is 19.5. The zero-order valence-electron chi connectivity index (χ0n) is 18.2. The first-order chi connectivity index (χ1) is 14.8. The van der Waals surface area contributed by atoms with Crippen molar-refractivity contribution in [1.82, 2.24) is 10.6 Å². The van der Waals surface area contributed by atoms with E-state index in [1.54, 1.807) is 12.1 Å². The third-order valence-corrected chi connectivity index (χ3v) is 9.59. The average Bonchev–Trinajstić information content (AvgIpc) is 3.58. The summed E-state index contributed by atoms with van der Waals surface area (Å²) in [5.41, 5.74) is 8.47. The van der Waals surface area contributed by atoms with Crippen molar-refractivity contribution in [3.05, 3.63) is 34.9 Å². The molecule has 1 aromatic rings. The zero-order chi connectivity index (χ0) is 21.7. The van der Waals surface area contributed by atoms with Crippen LogP contribution in [0.1, 0.15) is 83.4 Å². The van der Waals surface area contributed by atoms with Crippen LogP contribution >= 0.6 is 0 Å². The molecule has 4 N–H and O–H groups in total. The molecule has 0 bridgehead atoms. The molecule has 2 spiro atoms. The molecule has 1 aliphatic heterocycles. The van der Waals surface area contributed by atoms with Crippen LogP contribution < -0.4 is 16.4 Å². The summed E-state index contributed by atoms with van der Waals surface area (Å²) in [5, 5.41) is 5.48. The SMILES string of the molecule is CC1CC2(CCC1N)C1C2C12CCC(NC(=O)c1ccc3c(c1)C(=O)NC3=O)C(C)C2. The minimum atomic E-state index is -0.428. The number of hydrogen-bond acceptors (Lipinski definition) is 4. The van der Waals surface area contributed by atoms with Gasteiger partial charge in [0.15, 0.2) is 0 Å². The second-order valence-electron chi connectivity index (χ2n) is 11.1. The summed E-state index contributed by atoms with van der Waals surface area (Å²) in [7, 11) is 0. The average molecular weight is 422 g/mol. The lowest BCUT2D eigenvalue weighted by molar-refractivity contribution is 0.0467. The van der Waals surface area contributed by atoms with Gasteiger partial charge in [0.25, 0.3) is 17.7 Å². The van der Waals surface area contributed by atoms with Crippen molar-refractivity contribution in [3.8, 4) is 0 Å². The number of hydrogen-bond donors (Lipinski definition) is 3. The van der Waals surface area contributed by atoms with Gasteiger partial charge in [-0.1, -0.05) is 13.8 Å². The number of fused-ring (bicyclic) bond motifs is 6. The highest BCUT2D eigenvalue weighted by atomic mass is 16.2. The largest absolute Gasteiger partial charge is 0.349 e. The standard InChI is InChI=1S/C25H31N3O3/c1-12-10-24(7-5-17(12)26)19-20(24)25(19)8-6-18(13(2)11-25)27-21(29)14-3-4-15-16(9-14)23(31)28-22(15)30/h3-4,9,12-13,17-20H,5-8,10-11,26H2,1-2H3,(H,27,29)(H,28,30,31). The number of benzene rings is 1. The maximum atomic E-state index is 12.9. The number of carbonyl (C=O) groups excluding carboxylic acids is 3. The lowest BCUT2D eigenvalue weighted by Crippen LogP contribution is -2.47. The van der Waals surface area contributed by atoms with Gasteiger partial charge >= 0.3 is 0 Å². The second-order valence-corrected chi connectivity index (χ2v) is 11.1. The molecule has 31 heavy (non-hydrogen) atoms. The van der Waals surface area contributed by atoms with E-state index in [2.05, 4.69) is 24.5 Å². The van der Waals surface area contributed by atoms with Crippen molar-refractivity contribution in [3.63, 3.8) is 0 Å². The van der Waals surface area contributed by atoms with Gasteiger partial charge in [-0.05, 0) is 91.2 Å². The quantitative estimate of drug-likeness (QED) is 0.639. The van der Waals surface area contributed by atoms with Crippen LogP contribution in [0.5, 0.6) is 0 Å². The Hall–Kier alpha value is -2.21. The highest BCUT2D eigenvalue weighted by Crippen LogP contribution is 2.94. The van der Waals surface area contributed by atoms with Crippen molar-refractivity contribution >= 4 is 17.7 Å². The van der Waals surface area contributed by atoms with E-state index < -0.39 is 11.8 Å². The maximum Gasteiger partial charge on any atom is 0.258 e. The van der Waals surface area contributed by atoms with Gasteiger partial charge in [0.2, 0.25) is 0 Å². The zero-order valence-corrected chi connectivity index (χ0v) is 18.2. The van der Waals surface area contributed by atoms with Crippen LogP contribution in [0.15, 0.2) is 18.2 Å². The summed E-state index contributed by atoms with van der Waals surface area (Å²) in [5.74, 6) is 1.93. The monoisotopic (exact) mass is 421 g/mol. The smallest absolute Gasteiger partial charge is 0.258 e. The van der Waals surface area contributed by atoms with E-state index in [9.17, 15) is 14.4 Å². The van der Waals surface area contributed by atoms with E-state index >= 15 is 0 Å². The Bertz CT molecular complexity index is 1010. The van der Waals surface area contributed by atoms with Crippen LogP contribution in [0, 0.1) is 34.5 Å². The Morgan fingerprint density at radius 3 is 2.32 bits per heavy atom. The number of amides is 3. The topological polar surface area (TPSA) is 101 Å². The molecule has 5 aliphatic rings. The highest BCUT2D eigenvalue weighted by Gasteiger charge is 2.90.